The second-order valence-electron chi connectivity index (χ2n) is 7.00. The average Bonchev–Trinajstić information content (AvgIpc) is 3.25. The Bertz CT molecular complexity index is 1170. The summed E-state index contributed by atoms with van der Waals surface area (Å²) in [6.07, 6.45) is 0.731. The van der Waals surface area contributed by atoms with E-state index in [-0.39, 0.29) is 25.0 Å². The van der Waals surface area contributed by atoms with Crippen molar-refractivity contribution in [1.82, 2.24) is 4.98 Å². The maximum atomic E-state index is 12.6. The van der Waals surface area contributed by atoms with Crippen LogP contribution in [0.15, 0.2) is 41.8 Å². The first-order valence-corrected chi connectivity index (χ1v) is 11.3. The lowest BCUT2D eigenvalue weighted by molar-refractivity contribution is -0.123. The number of nitrogens with one attached hydrogen (secondary N) is 1. The summed E-state index contributed by atoms with van der Waals surface area (Å²) in [6.45, 7) is 0.292. The molecule has 2 amide bonds. The van der Waals surface area contributed by atoms with Crippen LogP contribution in [0.2, 0.25) is 10.0 Å². The Hall–Kier alpha value is -2.65. The number of ether oxygens (including phenoxy) is 2. The number of thiazole rings is 1. The molecule has 0 unspecified atom stereocenters. The van der Waals surface area contributed by atoms with Crippen LogP contribution in [0.5, 0.6) is 5.75 Å². The van der Waals surface area contributed by atoms with Crippen molar-refractivity contribution in [2.45, 2.75) is 6.42 Å². The van der Waals surface area contributed by atoms with Crippen molar-refractivity contribution < 1.29 is 19.1 Å². The van der Waals surface area contributed by atoms with Crippen LogP contribution >= 0.6 is 34.5 Å². The Morgan fingerprint density at radius 3 is 2.88 bits per heavy atom. The van der Waals surface area contributed by atoms with Crippen LogP contribution in [-0.4, -0.2) is 43.7 Å². The fraction of sp³-hybridized carbons (Fsp3) is 0.227. The molecule has 0 fully saturated rings. The SMILES string of the molecule is COCCc1nc(-c2ccc3c(c2)N(CC(=O)Nc2ccc(Cl)c(Cl)c2)C(=O)CO3)cs1. The highest BCUT2D eigenvalue weighted by molar-refractivity contribution is 7.09. The third-order valence-corrected chi connectivity index (χ3v) is 6.42. The number of halogens is 2. The van der Waals surface area contributed by atoms with Gasteiger partial charge in [0.05, 0.1) is 33.0 Å². The van der Waals surface area contributed by atoms with E-state index >= 15 is 0 Å². The zero-order valence-electron chi connectivity index (χ0n) is 17.1. The largest absolute Gasteiger partial charge is 0.482 e. The van der Waals surface area contributed by atoms with Crippen LogP contribution in [-0.2, 0) is 20.7 Å². The number of amides is 2. The van der Waals surface area contributed by atoms with Gasteiger partial charge in [0.25, 0.3) is 5.91 Å². The molecular formula is C22H19Cl2N3O4S. The summed E-state index contributed by atoms with van der Waals surface area (Å²) in [5, 5.41) is 6.38. The molecular weight excluding hydrogens is 473 g/mol. The van der Waals surface area contributed by atoms with E-state index in [1.54, 1.807) is 42.7 Å². The van der Waals surface area contributed by atoms with E-state index in [0.717, 1.165) is 22.7 Å². The minimum absolute atomic E-state index is 0.135. The van der Waals surface area contributed by atoms with Crippen molar-refractivity contribution >= 4 is 57.7 Å². The number of benzene rings is 2. The Labute approximate surface area is 198 Å². The lowest BCUT2D eigenvalue weighted by Crippen LogP contribution is -2.43. The highest BCUT2D eigenvalue weighted by Gasteiger charge is 2.28. The topological polar surface area (TPSA) is 80.8 Å². The van der Waals surface area contributed by atoms with Gasteiger partial charge in [-0.3, -0.25) is 14.5 Å². The number of fused-ring (bicyclic) bond motifs is 1. The number of hydrogen-bond donors (Lipinski definition) is 1. The molecule has 0 atom stereocenters. The van der Waals surface area contributed by atoms with Crippen molar-refractivity contribution in [1.29, 1.82) is 0 Å². The van der Waals surface area contributed by atoms with Crippen molar-refractivity contribution in [2.24, 2.45) is 0 Å². The zero-order chi connectivity index (χ0) is 22.7. The molecule has 0 radical (unpaired) electrons. The molecule has 166 valence electrons. The Kier molecular flexibility index (Phi) is 6.95. The van der Waals surface area contributed by atoms with E-state index in [4.69, 9.17) is 32.7 Å². The third-order valence-electron chi connectivity index (χ3n) is 4.77. The number of carbonyl (C=O) groups is 2. The van der Waals surface area contributed by atoms with Gasteiger partial charge in [-0.25, -0.2) is 4.98 Å². The number of methoxy groups -OCH3 is 1. The van der Waals surface area contributed by atoms with Crippen molar-refractivity contribution in [3.63, 3.8) is 0 Å². The molecule has 4 rings (SSSR count). The summed E-state index contributed by atoms with van der Waals surface area (Å²) < 4.78 is 10.7. The average molecular weight is 492 g/mol. The summed E-state index contributed by atoms with van der Waals surface area (Å²) in [4.78, 5) is 31.3. The van der Waals surface area contributed by atoms with Crippen LogP contribution in [0.3, 0.4) is 0 Å². The Morgan fingerprint density at radius 1 is 1.25 bits per heavy atom. The molecule has 1 aliphatic heterocycles. The first kappa shape index (κ1) is 22.5. The van der Waals surface area contributed by atoms with Crippen LogP contribution in [0, 0.1) is 0 Å². The first-order valence-electron chi connectivity index (χ1n) is 9.70. The van der Waals surface area contributed by atoms with Crippen LogP contribution in [0.4, 0.5) is 11.4 Å². The van der Waals surface area contributed by atoms with Crippen molar-refractivity contribution in [3.8, 4) is 17.0 Å². The number of anilines is 2. The molecule has 1 aliphatic rings. The highest BCUT2D eigenvalue weighted by Crippen LogP contribution is 2.36. The molecule has 32 heavy (non-hydrogen) atoms. The smallest absolute Gasteiger partial charge is 0.265 e. The highest BCUT2D eigenvalue weighted by atomic mass is 35.5. The molecule has 10 heteroatoms. The second-order valence-corrected chi connectivity index (χ2v) is 8.75. The number of aromatic nitrogens is 1. The van der Waals surface area contributed by atoms with E-state index in [1.807, 2.05) is 17.5 Å². The minimum atomic E-state index is -0.370. The molecule has 0 saturated heterocycles. The monoisotopic (exact) mass is 491 g/mol. The predicted octanol–water partition coefficient (Wildman–Crippen LogP) is 4.67. The molecule has 7 nitrogen and oxygen atoms in total. The summed E-state index contributed by atoms with van der Waals surface area (Å²) in [6, 6.07) is 10.3. The van der Waals surface area contributed by atoms with Gasteiger partial charge in [0.1, 0.15) is 12.3 Å². The quantitative estimate of drug-likeness (QED) is 0.519. The maximum absolute atomic E-state index is 12.6. The molecule has 1 N–H and O–H groups in total. The Morgan fingerprint density at radius 2 is 2.09 bits per heavy atom. The summed E-state index contributed by atoms with van der Waals surface area (Å²) in [7, 11) is 1.65. The van der Waals surface area contributed by atoms with Gasteiger partial charge in [-0.2, -0.15) is 0 Å². The summed E-state index contributed by atoms with van der Waals surface area (Å²) in [5.74, 6) is -0.144. The van der Waals surface area contributed by atoms with E-state index in [1.165, 1.54) is 4.90 Å². The van der Waals surface area contributed by atoms with E-state index in [9.17, 15) is 9.59 Å². The zero-order valence-corrected chi connectivity index (χ0v) is 19.4. The maximum Gasteiger partial charge on any atom is 0.265 e. The van der Waals surface area contributed by atoms with Crippen molar-refractivity contribution in [3.05, 3.63) is 56.8 Å². The lowest BCUT2D eigenvalue weighted by Gasteiger charge is -2.29. The normalized spacial score (nSPS) is 13.0. The summed E-state index contributed by atoms with van der Waals surface area (Å²) in [5.41, 5.74) is 2.64. The minimum Gasteiger partial charge on any atom is -0.482 e. The van der Waals surface area contributed by atoms with Crippen molar-refractivity contribution in [2.75, 3.05) is 37.1 Å². The van der Waals surface area contributed by atoms with E-state index < -0.39 is 0 Å². The number of hydrogen-bond acceptors (Lipinski definition) is 6. The van der Waals surface area contributed by atoms with Gasteiger partial charge in [0.15, 0.2) is 6.61 Å². The number of nitrogens with zero attached hydrogens (tertiary/aromatic N) is 2. The molecule has 0 spiro atoms. The van der Waals surface area contributed by atoms with Crippen LogP contribution in [0.25, 0.3) is 11.3 Å². The summed E-state index contributed by atoms with van der Waals surface area (Å²) >= 11 is 13.5. The van der Waals surface area contributed by atoms with Gasteiger partial charge < -0.3 is 14.8 Å². The molecule has 2 heterocycles. The molecule has 3 aromatic rings. The van der Waals surface area contributed by atoms with Gasteiger partial charge in [0, 0.05) is 30.2 Å². The fourth-order valence-electron chi connectivity index (χ4n) is 3.20. The van der Waals surface area contributed by atoms with Gasteiger partial charge >= 0.3 is 0 Å². The predicted molar refractivity (Wildman–Crippen MR) is 126 cm³/mol. The van der Waals surface area contributed by atoms with Gasteiger partial charge in [-0.15, -0.1) is 11.3 Å². The first-order chi connectivity index (χ1) is 15.4. The standard InChI is InChI=1S/C22H19Cl2N3O4S/c1-30-7-6-21-26-17(12-32-21)13-2-5-19-18(8-13)27(22(29)11-31-19)10-20(28)25-14-3-4-15(23)16(24)9-14/h2-5,8-9,12H,6-7,10-11H2,1H3,(H,25,28). The molecule has 2 aromatic carbocycles. The van der Waals surface area contributed by atoms with Gasteiger partial charge in [-0.1, -0.05) is 23.2 Å². The van der Waals surface area contributed by atoms with Gasteiger partial charge in [0.2, 0.25) is 5.91 Å². The molecule has 0 bridgehead atoms. The molecule has 1 aromatic heterocycles. The van der Waals surface area contributed by atoms with Crippen LogP contribution < -0.4 is 15.0 Å². The molecule has 0 saturated carbocycles. The Balaban J connectivity index is 1.54. The van der Waals surface area contributed by atoms with Crippen LogP contribution in [0.1, 0.15) is 5.01 Å². The second kappa shape index (κ2) is 9.87. The number of carbonyl (C=O) groups excluding carboxylic acids is 2. The molecule has 0 aliphatic carbocycles. The fourth-order valence-corrected chi connectivity index (χ4v) is 4.29. The lowest BCUT2D eigenvalue weighted by atomic mass is 10.1. The van der Waals surface area contributed by atoms with E-state index in [2.05, 4.69) is 10.3 Å². The number of rotatable bonds is 7. The third kappa shape index (κ3) is 5.05. The van der Waals surface area contributed by atoms with E-state index in [0.29, 0.717) is 33.8 Å². The van der Waals surface area contributed by atoms with Gasteiger partial charge in [-0.05, 0) is 36.4 Å².